The molecule has 1 saturated carbocycles. The van der Waals surface area contributed by atoms with E-state index in [1.807, 2.05) is 0 Å². The van der Waals surface area contributed by atoms with E-state index in [-0.39, 0.29) is 11.8 Å². The Morgan fingerprint density at radius 3 is 2.56 bits per heavy atom. The Hall–Kier alpha value is -3.88. The van der Waals surface area contributed by atoms with Crippen LogP contribution in [0.25, 0.3) is 11.1 Å². The van der Waals surface area contributed by atoms with E-state index in [0.29, 0.717) is 34.6 Å². The number of anilines is 2. The molecule has 2 N–H and O–H groups in total. The molecule has 0 unspecified atom stereocenters. The molecule has 1 heterocycles. The number of halogens is 3. The smallest absolute Gasteiger partial charge is 0.416 e. The van der Waals surface area contributed by atoms with Gasteiger partial charge < -0.3 is 15.4 Å². The number of hydrogen-bond acceptors (Lipinski definition) is 5. The van der Waals surface area contributed by atoms with Crippen molar-refractivity contribution in [3.05, 3.63) is 72.9 Å². The topological polar surface area (TPSA) is 76.1 Å². The normalized spacial score (nSPS) is 13.3. The van der Waals surface area contributed by atoms with Gasteiger partial charge in [-0.05, 0) is 48.7 Å². The maximum atomic E-state index is 12.9. The number of benzene rings is 2. The summed E-state index contributed by atoms with van der Waals surface area (Å²) in [6.45, 7) is 3.41. The van der Waals surface area contributed by atoms with Gasteiger partial charge in [0.1, 0.15) is 5.75 Å². The van der Waals surface area contributed by atoms with Crippen molar-refractivity contribution in [2.75, 3.05) is 10.6 Å². The third-order valence-electron chi connectivity index (χ3n) is 4.69. The highest BCUT2D eigenvalue weighted by molar-refractivity contribution is 5.98. The van der Waals surface area contributed by atoms with Crippen molar-refractivity contribution in [2.45, 2.75) is 25.1 Å². The molecular formula is C23H19F3N4O2. The molecule has 2 aromatic carbocycles. The van der Waals surface area contributed by atoms with Crippen LogP contribution >= 0.6 is 0 Å². The lowest BCUT2D eigenvalue weighted by molar-refractivity contribution is -0.137. The van der Waals surface area contributed by atoms with E-state index in [0.717, 1.165) is 31.1 Å². The van der Waals surface area contributed by atoms with Gasteiger partial charge in [0, 0.05) is 24.0 Å². The second-order valence-corrected chi connectivity index (χ2v) is 7.23. The molecule has 32 heavy (non-hydrogen) atoms. The summed E-state index contributed by atoms with van der Waals surface area (Å²) in [4.78, 5) is 20.3. The van der Waals surface area contributed by atoms with Crippen molar-refractivity contribution in [3.63, 3.8) is 0 Å². The average molecular weight is 440 g/mol. The first-order valence-electron chi connectivity index (χ1n) is 9.84. The zero-order valence-electron chi connectivity index (χ0n) is 16.8. The number of ether oxygens (including phenoxy) is 1. The molecule has 0 atom stereocenters. The van der Waals surface area contributed by atoms with Gasteiger partial charge in [-0.1, -0.05) is 24.8 Å². The van der Waals surface area contributed by atoms with Crippen molar-refractivity contribution >= 4 is 17.5 Å². The number of alkyl halides is 3. The van der Waals surface area contributed by atoms with Crippen LogP contribution in [-0.2, 0) is 11.0 Å². The lowest BCUT2D eigenvalue weighted by Crippen LogP contribution is -2.08. The molecule has 6 nitrogen and oxygen atoms in total. The van der Waals surface area contributed by atoms with E-state index in [2.05, 4.69) is 27.2 Å². The standard InChI is InChI=1S/C23H19F3N4O2/c1-2-20(31)28-17-4-3-5-18(12-17)32-21-19(13-27-22(30-21)29-16-10-11-16)14-6-8-15(9-7-14)23(24,25)26/h2-9,12-13,16H,1,10-11H2,(H,28,31)(H,27,29,30). The number of carbonyl (C=O) groups excluding carboxylic acids is 1. The second kappa shape index (κ2) is 8.70. The summed E-state index contributed by atoms with van der Waals surface area (Å²) in [6.07, 6.45) is 0.273. The fraction of sp³-hybridized carbons (Fsp3) is 0.174. The van der Waals surface area contributed by atoms with Crippen molar-refractivity contribution in [1.82, 2.24) is 9.97 Å². The quantitative estimate of drug-likeness (QED) is 0.464. The van der Waals surface area contributed by atoms with Crippen LogP contribution in [0, 0.1) is 0 Å². The highest BCUT2D eigenvalue weighted by atomic mass is 19.4. The van der Waals surface area contributed by atoms with Gasteiger partial charge in [-0.15, -0.1) is 0 Å². The lowest BCUT2D eigenvalue weighted by atomic mass is 10.1. The number of carbonyl (C=O) groups is 1. The summed E-state index contributed by atoms with van der Waals surface area (Å²) in [5.74, 6) is 0.561. The van der Waals surface area contributed by atoms with Crippen molar-refractivity contribution in [1.29, 1.82) is 0 Å². The second-order valence-electron chi connectivity index (χ2n) is 7.23. The predicted molar refractivity (Wildman–Crippen MR) is 114 cm³/mol. The van der Waals surface area contributed by atoms with Gasteiger partial charge in [-0.2, -0.15) is 18.2 Å². The molecule has 164 valence electrons. The minimum atomic E-state index is -4.43. The fourth-order valence-electron chi connectivity index (χ4n) is 2.90. The summed E-state index contributed by atoms with van der Waals surface area (Å²) in [7, 11) is 0. The van der Waals surface area contributed by atoms with E-state index in [1.54, 1.807) is 24.3 Å². The number of amides is 1. The molecule has 1 aliphatic rings. The Balaban J connectivity index is 1.67. The highest BCUT2D eigenvalue weighted by Crippen LogP contribution is 2.36. The molecule has 9 heteroatoms. The van der Waals surface area contributed by atoms with E-state index >= 15 is 0 Å². The summed E-state index contributed by atoms with van der Waals surface area (Å²) in [5.41, 5.74) is 0.652. The molecular weight excluding hydrogens is 421 g/mol. The van der Waals surface area contributed by atoms with Crippen LogP contribution in [0.2, 0.25) is 0 Å². The molecule has 4 rings (SSSR count). The van der Waals surface area contributed by atoms with Crippen LogP contribution in [-0.4, -0.2) is 21.9 Å². The molecule has 0 saturated heterocycles. The number of nitrogens with one attached hydrogen (secondary N) is 2. The average Bonchev–Trinajstić information content (AvgIpc) is 3.58. The first-order valence-corrected chi connectivity index (χ1v) is 9.84. The molecule has 0 spiro atoms. The third-order valence-corrected chi connectivity index (χ3v) is 4.69. The van der Waals surface area contributed by atoms with Gasteiger partial charge in [-0.25, -0.2) is 4.98 Å². The number of nitrogens with zero attached hydrogens (tertiary/aromatic N) is 2. The van der Waals surface area contributed by atoms with Gasteiger partial charge in [0.25, 0.3) is 0 Å². The fourth-order valence-corrected chi connectivity index (χ4v) is 2.90. The number of aromatic nitrogens is 2. The Bertz CT molecular complexity index is 1140. The van der Waals surface area contributed by atoms with Gasteiger partial charge >= 0.3 is 6.18 Å². The van der Waals surface area contributed by atoms with Crippen LogP contribution < -0.4 is 15.4 Å². The monoisotopic (exact) mass is 440 g/mol. The molecule has 1 fully saturated rings. The van der Waals surface area contributed by atoms with E-state index in [4.69, 9.17) is 4.74 Å². The molecule has 1 aliphatic carbocycles. The Kier molecular flexibility index (Phi) is 5.81. The number of hydrogen-bond donors (Lipinski definition) is 2. The summed E-state index contributed by atoms with van der Waals surface area (Å²) in [6, 6.07) is 11.7. The van der Waals surface area contributed by atoms with Crippen molar-refractivity contribution in [3.8, 4) is 22.8 Å². The lowest BCUT2D eigenvalue weighted by Gasteiger charge is -2.14. The van der Waals surface area contributed by atoms with E-state index < -0.39 is 11.7 Å². The van der Waals surface area contributed by atoms with E-state index in [9.17, 15) is 18.0 Å². The van der Waals surface area contributed by atoms with Gasteiger partial charge in [0.2, 0.25) is 17.7 Å². The molecule has 1 amide bonds. The minimum Gasteiger partial charge on any atom is -0.438 e. The molecule has 3 aromatic rings. The predicted octanol–water partition coefficient (Wildman–Crippen LogP) is 5.65. The zero-order chi connectivity index (χ0) is 22.7. The Morgan fingerprint density at radius 1 is 1.16 bits per heavy atom. The van der Waals surface area contributed by atoms with Crippen molar-refractivity contribution < 1.29 is 22.7 Å². The Morgan fingerprint density at radius 2 is 1.91 bits per heavy atom. The molecule has 0 aliphatic heterocycles. The first-order chi connectivity index (χ1) is 15.3. The molecule has 0 radical (unpaired) electrons. The van der Waals surface area contributed by atoms with Crippen molar-refractivity contribution in [2.24, 2.45) is 0 Å². The number of rotatable bonds is 7. The van der Waals surface area contributed by atoms with Crippen LogP contribution in [0.3, 0.4) is 0 Å². The zero-order valence-corrected chi connectivity index (χ0v) is 16.8. The first kappa shape index (κ1) is 21.4. The summed E-state index contributed by atoms with van der Waals surface area (Å²) < 4.78 is 44.8. The molecule has 0 bridgehead atoms. The third kappa shape index (κ3) is 5.23. The maximum Gasteiger partial charge on any atom is 0.416 e. The highest BCUT2D eigenvalue weighted by Gasteiger charge is 2.30. The van der Waals surface area contributed by atoms with Gasteiger partial charge in [-0.3, -0.25) is 4.79 Å². The molecule has 1 aromatic heterocycles. The van der Waals surface area contributed by atoms with Crippen LogP contribution in [0.1, 0.15) is 18.4 Å². The largest absolute Gasteiger partial charge is 0.438 e. The van der Waals surface area contributed by atoms with Crippen LogP contribution in [0.5, 0.6) is 11.6 Å². The van der Waals surface area contributed by atoms with Crippen LogP contribution in [0.15, 0.2) is 67.4 Å². The van der Waals surface area contributed by atoms with Gasteiger partial charge in [0.05, 0.1) is 11.1 Å². The van der Waals surface area contributed by atoms with Gasteiger partial charge in [0.15, 0.2) is 0 Å². The maximum absolute atomic E-state index is 12.9. The SMILES string of the molecule is C=CC(=O)Nc1cccc(Oc2nc(NC3CC3)ncc2-c2ccc(C(F)(F)F)cc2)c1. The van der Waals surface area contributed by atoms with Crippen LogP contribution in [0.4, 0.5) is 24.8 Å². The Labute approximate surface area is 182 Å². The summed E-state index contributed by atoms with van der Waals surface area (Å²) >= 11 is 0. The van der Waals surface area contributed by atoms with E-state index in [1.165, 1.54) is 18.3 Å². The minimum absolute atomic E-state index is 0.176. The summed E-state index contributed by atoms with van der Waals surface area (Å²) in [5, 5.41) is 5.82.